The maximum Gasteiger partial charge on any atom is 0.391 e. The van der Waals surface area contributed by atoms with Gasteiger partial charge in [-0.15, -0.1) is 0 Å². The molecule has 0 aliphatic heterocycles. The van der Waals surface area contributed by atoms with Crippen molar-refractivity contribution in [1.82, 2.24) is 5.32 Å². The Balaban J connectivity index is 2.55. The van der Waals surface area contributed by atoms with Gasteiger partial charge >= 0.3 is 6.18 Å². The summed E-state index contributed by atoms with van der Waals surface area (Å²) in [6, 6.07) is 0.0556. The Morgan fingerprint density at radius 2 is 2.00 bits per heavy atom. The molecule has 1 aliphatic rings. The lowest BCUT2D eigenvalue weighted by molar-refractivity contribution is -0.187. The second kappa shape index (κ2) is 7.34. The topological polar surface area (TPSA) is 21.3 Å². The largest absolute Gasteiger partial charge is 0.391 e. The summed E-state index contributed by atoms with van der Waals surface area (Å²) in [5, 5.41) is 3.27. The predicted molar refractivity (Wildman–Crippen MR) is 65.5 cm³/mol. The number of rotatable bonds is 6. The first-order chi connectivity index (χ1) is 8.49. The summed E-state index contributed by atoms with van der Waals surface area (Å²) < 4.78 is 43.7. The van der Waals surface area contributed by atoms with Crippen LogP contribution in [-0.4, -0.2) is 32.0 Å². The van der Waals surface area contributed by atoms with Crippen molar-refractivity contribution in [3.05, 3.63) is 0 Å². The van der Waals surface area contributed by atoms with E-state index in [1.165, 1.54) is 0 Å². The Morgan fingerprint density at radius 1 is 1.28 bits per heavy atom. The number of ether oxygens (including phenoxy) is 1. The van der Waals surface area contributed by atoms with E-state index >= 15 is 0 Å². The van der Waals surface area contributed by atoms with Crippen molar-refractivity contribution in [2.75, 3.05) is 19.8 Å². The molecule has 0 spiro atoms. The molecule has 18 heavy (non-hydrogen) atoms. The van der Waals surface area contributed by atoms with Gasteiger partial charge in [0.25, 0.3) is 0 Å². The van der Waals surface area contributed by atoms with Crippen LogP contribution < -0.4 is 5.32 Å². The van der Waals surface area contributed by atoms with Crippen LogP contribution in [0.1, 0.15) is 39.5 Å². The molecule has 0 bridgehead atoms. The average molecular weight is 267 g/mol. The molecule has 5 heteroatoms. The predicted octanol–water partition coefficient (Wildman–Crippen LogP) is 3.37. The summed E-state index contributed by atoms with van der Waals surface area (Å²) in [7, 11) is 0. The van der Waals surface area contributed by atoms with Crippen molar-refractivity contribution in [2.24, 2.45) is 11.8 Å². The van der Waals surface area contributed by atoms with E-state index in [0.29, 0.717) is 19.6 Å². The van der Waals surface area contributed by atoms with Gasteiger partial charge in [-0.3, -0.25) is 0 Å². The molecule has 0 saturated heterocycles. The highest BCUT2D eigenvalue weighted by Crippen LogP contribution is 2.40. The molecule has 0 aromatic heterocycles. The monoisotopic (exact) mass is 267 g/mol. The van der Waals surface area contributed by atoms with E-state index in [2.05, 4.69) is 5.32 Å². The third-order valence-electron chi connectivity index (χ3n) is 3.71. The van der Waals surface area contributed by atoms with Crippen LogP contribution >= 0.6 is 0 Å². The number of hydrogen-bond acceptors (Lipinski definition) is 2. The molecule has 0 heterocycles. The molecule has 0 radical (unpaired) electrons. The molecule has 1 N–H and O–H groups in total. The first-order valence-corrected chi connectivity index (χ1v) is 6.86. The quantitative estimate of drug-likeness (QED) is 0.796. The molecule has 2 nitrogen and oxygen atoms in total. The third kappa shape index (κ3) is 4.76. The van der Waals surface area contributed by atoms with E-state index < -0.39 is 12.1 Å². The maximum absolute atomic E-state index is 12.8. The lowest BCUT2D eigenvalue weighted by Crippen LogP contribution is -2.43. The number of halogens is 3. The van der Waals surface area contributed by atoms with E-state index in [0.717, 1.165) is 13.0 Å². The first-order valence-electron chi connectivity index (χ1n) is 6.86. The van der Waals surface area contributed by atoms with Gasteiger partial charge in [-0.05, 0) is 38.6 Å². The molecule has 108 valence electrons. The molecule has 1 saturated carbocycles. The van der Waals surface area contributed by atoms with Gasteiger partial charge < -0.3 is 10.1 Å². The second-order valence-electron chi connectivity index (χ2n) is 4.99. The Labute approximate surface area is 107 Å². The van der Waals surface area contributed by atoms with Crippen molar-refractivity contribution in [2.45, 2.75) is 51.7 Å². The molecular weight excluding hydrogens is 243 g/mol. The zero-order valence-corrected chi connectivity index (χ0v) is 11.2. The highest BCUT2D eigenvalue weighted by Gasteiger charge is 2.43. The SMILES string of the molecule is CCNC(COCC)C1CCCC(C(F)(F)F)C1. The second-order valence-corrected chi connectivity index (χ2v) is 4.99. The van der Waals surface area contributed by atoms with Crippen LogP contribution in [0.5, 0.6) is 0 Å². The minimum absolute atomic E-state index is 0.0556. The van der Waals surface area contributed by atoms with Gasteiger partial charge in [0.1, 0.15) is 0 Å². The molecule has 0 amide bonds. The van der Waals surface area contributed by atoms with E-state index in [9.17, 15) is 13.2 Å². The van der Waals surface area contributed by atoms with Gasteiger partial charge in [-0.25, -0.2) is 0 Å². The Hall–Kier alpha value is -0.290. The molecule has 1 rings (SSSR count). The number of hydrogen-bond donors (Lipinski definition) is 1. The third-order valence-corrected chi connectivity index (χ3v) is 3.71. The maximum atomic E-state index is 12.8. The summed E-state index contributed by atoms with van der Waals surface area (Å²) >= 11 is 0. The Bertz CT molecular complexity index is 233. The minimum Gasteiger partial charge on any atom is -0.380 e. The van der Waals surface area contributed by atoms with Crippen LogP contribution in [0.25, 0.3) is 0 Å². The minimum atomic E-state index is -4.04. The molecule has 1 fully saturated rings. The summed E-state index contributed by atoms with van der Waals surface area (Å²) in [6.07, 6.45) is -1.97. The van der Waals surface area contributed by atoms with Crippen LogP contribution in [0.4, 0.5) is 13.2 Å². The van der Waals surface area contributed by atoms with E-state index in [4.69, 9.17) is 4.74 Å². The van der Waals surface area contributed by atoms with Crippen molar-refractivity contribution in [3.8, 4) is 0 Å². The standard InChI is InChI=1S/C13H24F3NO/c1-3-17-12(9-18-4-2)10-6-5-7-11(8-10)13(14,15)16/h10-12,17H,3-9H2,1-2H3. The van der Waals surface area contributed by atoms with Crippen LogP contribution in [0.15, 0.2) is 0 Å². The van der Waals surface area contributed by atoms with Gasteiger partial charge in [0.2, 0.25) is 0 Å². The fourth-order valence-electron chi connectivity index (χ4n) is 2.76. The number of likely N-dealkylation sites (N-methyl/N-ethyl adjacent to an activating group) is 1. The number of nitrogens with one attached hydrogen (secondary N) is 1. The molecule has 3 unspecified atom stereocenters. The van der Waals surface area contributed by atoms with E-state index in [1.807, 2.05) is 13.8 Å². The van der Waals surface area contributed by atoms with Crippen LogP contribution in [0.2, 0.25) is 0 Å². The lowest BCUT2D eigenvalue weighted by atomic mass is 9.77. The molecule has 0 aromatic rings. The van der Waals surface area contributed by atoms with Crippen molar-refractivity contribution in [3.63, 3.8) is 0 Å². The smallest absolute Gasteiger partial charge is 0.380 e. The number of alkyl halides is 3. The van der Waals surface area contributed by atoms with Crippen molar-refractivity contribution < 1.29 is 17.9 Å². The van der Waals surface area contributed by atoms with Gasteiger partial charge in [-0.2, -0.15) is 13.2 Å². The summed E-state index contributed by atoms with van der Waals surface area (Å²) in [4.78, 5) is 0. The van der Waals surface area contributed by atoms with E-state index in [-0.39, 0.29) is 24.8 Å². The van der Waals surface area contributed by atoms with Crippen LogP contribution in [-0.2, 0) is 4.74 Å². The fourth-order valence-corrected chi connectivity index (χ4v) is 2.76. The summed E-state index contributed by atoms with van der Waals surface area (Å²) in [5.41, 5.74) is 0. The summed E-state index contributed by atoms with van der Waals surface area (Å²) in [5.74, 6) is -1.05. The van der Waals surface area contributed by atoms with Gasteiger partial charge in [0.05, 0.1) is 12.5 Å². The Morgan fingerprint density at radius 3 is 2.56 bits per heavy atom. The van der Waals surface area contributed by atoms with Crippen molar-refractivity contribution in [1.29, 1.82) is 0 Å². The van der Waals surface area contributed by atoms with Gasteiger partial charge in [0, 0.05) is 12.6 Å². The average Bonchev–Trinajstić information content (AvgIpc) is 2.33. The van der Waals surface area contributed by atoms with Crippen molar-refractivity contribution >= 4 is 0 Å². The fraction of sp³-hybridized carbons (Fsp3) is 1.00. The Kier molecular flexibility index (Phi) is 6.43. The summed E-state index contributed by atoms with van der Waals surface area (Å²) in [6.45, 7) is 5.77. The highest BCUT2D eigenvalue weighted by molar-refractivity contribution is 4.84. The molecule has 0 aromatic carbocycles. The lowest BCUT2D eigenvalue weighted by Gasteiger charge is -2.35. The van der Waals surface area contributed by atoms with Crippen LogP contribution in [0, 0.1) is 11.8 Å². The molecule has 1 aliphatic carbocycles. The molecular formula is C13H24F3NO. The van der Waals surface area contributed by atoms with Gasteiger partial charge in [0.15, 0.2) is 0 Å². The molecule has 3 atom stereocenters. The normalized spacial score (nSPS) is 27.2. The van der Waals surface area contributed by atoms with Crippen LogP contribution in [0.3, 0.4) is 0 Å². The first kappa shape index (κ1) is 15.8. The van der Waals surface area contributed by atoms with E-state index in [1.54, 1.807) is 0 Å². The zero-order valence-electron chi connectivity index (χ0n) is 11.2. The zero-order chi connectivity index (χ0) is 13.6. The highest BCUT2D eigenvalue weighted by atomic mass is 19.4. The van der Waals surface area contributed by atoms with Gasteiger partial charge in [-0.1, -0.05) is 13.3 Å².